The monoisotopic (exact) mass is 547 g/mol. The Morgan fingerprint density at radius 3 is 2.77 bits per heavy atom. The van der Waals surface area contributed by atoms with Gasteiger partial charge in [-0.1, -0.05) is 38.9 Å². The Kier molecular flexibility index (Phi) is 8.66. The molecule has 0 bridgehead atoms. The third-order valence-corrected chi connectivity index (χ3v) is 6.78. The molecule has 10 heteroatoms. The van der Waals surface area contributed by atoms with Crippen LogP contribution in [-0.2, 0) is 4.74 Å². The number of carbonyl (C=O) groups excluding carboxylic acids is 1. The van der Waals surface area contributed by atoms with Crippen LogP contribution in [0.25, 0.3) is 10.2 Å². The van der Waals surface area contributed by atoms with Gasteiger partial charge in [0.1, 0.15) is 5.82 Å². The normalized spacial score (nSPS) is 14.4. The Morgan fingerprint density at radius 1 is 1.26 bits per heavy atom. The molecule has 1 fully saturated rings. The fourth-order valence-corrected chi connectivity index (χ4v) is 5.16. The smallest absolute Gasteiger partial charge is 0.261 e. The van der Waals surface area contributed by atoms with E-state index in [-0.39, 0.29) is 28.9 Å². The molecule has 0 radical (unpaired) electrons. The van der Waals surface area contributed by atoms with Crippen LogP contribution in [0.2, 0.25) is 5.02 Å². The molecule has 1 aliphatic heterocycles. The molecular formula is C21H21BrCl2FN3O2S. The number of amides is 1. The van der Waals surface area contributed by atoms with Crippen LogP contribution in [0.1, 0.15) is 16.8 Å². The molecule has 0 saturated carbocycles. The number of halogens is 4. The molecule has 1 amide bonds. The number of thiazole rings is 1. The maximum Gasteiger partial charge on any atom is 0.261 e. The summed E-state index contributed by atoms with van der Waals surface area (Å²) in [5.74, 6) is -0.750. The maximum atomic E-state index is 13.5. The molecule has 4 rings (SSSR count). The standard InChI is InChI=1S/C21H20BrClFN3O2S.ClH/c22-14-2-5-18-19(12-14)30-21(25-18)27(7-1-6-26-8-10-29-11-9-26)20(28)16-4-3-15(24)13-17(16)23;/h2-5,12-13H,1,6-11H2;1H. The van der Waals surface area contributed by atoms with Crippen LogP contribution in [0.15, 0.2) is 40.9 Å². The minimum absolute atomic E-state index is 0. The summed E-state index contributed by atoms with van der Waals surface area (Å²) in [7, 11) is 0. The van der Waals surface area contributed by atoms with Gasteiger partial charge >= 0.3 is 0 Å². The molecule has 2 heterocycles. The highest BCUT2D eigenvalue weighted by molar-refractivity contribution is 9.10. The number of ether oxygens (including phenoxy) is 1. The average molecular weight is 549 g/mol. The molecule has 1 saturated heterocycles. The third kappa shape index (κ3) is 5.94. The van der Waals surface area contributed by atoms with E-state index in [1.54, 1.807) is 4.90 Å². The number of nitrogens with zero attached hydrogens (tertiary/aromatic N) is 3. The van der Waals surface area contributed by atoms with Gasteiger partial charge in [-0.2, -0.15) is 0 Å². The number of hydrogen-bond acceptors (Lipinski definition) is 5. The second kappa shape index (κ2) is 11.0. The number of anilines is 1. The number of hydrogen-bond donors (Lipinski definition) is 0. The summed E-state index contributed by atoms with van der Waals surface area (Å²) in [6.45, 7) is 4.62. The lowest BCUT2D eigenvalue weighted by molar-refractivity contribution is 0.0376. The van der Waals surface area contributed by atoms with E-state index in [4.69, 9.17) is 16.3 Å². The van der Waals surface area contributed by atoms with Crippen molar-refractivity contribution < 1.29 is 13.9 Å². The van der Waals surface area contributed by atoms with E-state index < -0.39 is 5.82 Å². The van der Waals surface area contributed by atoms with Crippen molar-refractivity contribution in [3.8, 4) is 0 Å². The number of morpholine rings is 1. The maximum absolute atomic E-state index is 13.5. The van der Waals surface area contributed by atoms with Crippen LogP contribution >= 0.6 is 51.3 Å². The van der Waals surface area contributed by atoms with Gasteiger partial charge in [0.05, 0.1) is 34.0 Å². The molecule has 0 atom stereocenters. The quantitative estimate of drug-likeness (QED) is 0.400. The first-order valence-corrected chi connectivity index (χ1v) is 11.6. The van der Waals surface area contributed by atoms with Gasteiger partial charge in [-0.25, -0.2) is 9.37 Å². The van der Waals surface area contributed by atoms with E-state index in [1.165, 1.54) is 23.5 Å². The predicted octanol–water partition coefficient (Wildman–Crippen LogP) is 5.64. The Hall–Kier alpha value is -1.29. The number of benzene rings is 2. The molecule has 0 spiro atoms. The lowest BCUT2D eigenvalue weighted by Crippen LogP contribution is -2.39. The van der Waals surface area contributed by atoms with E-state index >= 15 is 0 Å². The Bertz CT molecular complexity index is 1060. The van der Waals surface area contributed by atoms with E-state index in [0.717, 1.165) is 60.0 Å². The van der Waals surface area contributed by atoms with Gasteiger partial charge in [-0.3, -0.25) is 14.6 Å². The van der Waals surface area contributed by atoms with Crippen LogP contribution in [0, 0.1) is 5.82 Å². The summed E-state index contributed by atoms with van der Waals surface area (Å²) < 4.78 is 20.8. The lowest BCUT2D eigenvalue weighted by atomic mass is 10.2. The van der Waals surface area contributed by atoms with Crippen LogP contribution in [0.5, 0.6) is 0 Å². The van der Waals surface area contributed by atoms with Crippen molar-refractivity contribution in [1.82, 2.24) is 9.88 Å². The molecule has 5 nitrogen and oxygen atoms in total. The Balaban J connectivity index is 0.00000272. The zero-order valence-corrected chi connectivity index (χ0v) is 20.5. The van der Waals surface area contributed by atoms with Crippen LogP contribution in [0.3, 0.4) is 0 Å². The first kappa shape index (κ1) is 24.4. The van der Waals surface area contributed by atoms with Gasteiger partial charge < -0.3 is 4.74 Å². The minimum atomic E-state index is -0.472. The summed E-state index contributed by atoms with van der Waals surface area (Å²) in [6.07, 6.45) is 0.782. The van der Waals surface area contributed by atoms with Crippen molar-refractivity contribution in [2.24, 2.45) is 0 Å². The number of aromatic nitrogens is 1. The minimum Gasteiger partial charge on any atom is -0.379 e. The SMILES string of the molecule is Cl.O=C(c1ccc(F)cc1Cl)N(CCCN1CCOCC1)c1nc2ccc(Br)cc2s1. The van der Waals surface area contributed by atoms with E-state index in [9.17, 15) is 9.18 Å². The first-order chi connectivity index (χ1) is 14.5. The third-order valence-electron chi connectivity index (χ3n) is 4.94. The molecule has 1 aromatic heterocycles. The lowest BCUT2D eigenvalue weighted by Gasteiger charge is -2.27. The van der Waals surface area contributed by atoms with Crippen molar-refractivity contribution in [3.05, 3.63) is 57.3 Å². The highest BCUT2D eigenvalue weighted by atomic mass is 79.9. The first-order valence-electron chi connectivity index (χ1n) is 9.64. The zero-order chi connectivity index (χ0) is 21.1. The fraction of sp³-hybridized carbons (Fsp3) is 0.333. The summed E-state index contributed by atoms with van der Waals surface area (Å²) in [6, 6.07) is 9.67. The highest BCUT2D eigenvalue weighted by Crippen LogP contribution is 2.32. The van der Waals surface area contributed by atoms with Gasteiger partial charge in [0.25, 0.3) is 5.91 Å². The molecule has 2 aromatic carbocycles. The van der Waals surface area contributed by atoms with Gasteiger partial charge in [0.15, 0.2) is 5.13 Å². The average Bonchev–Trinajstić information content (AvgIpc) is 3.14. The summed E-state index contributed by atoms with van der Waals surface area (Å²) in [5.41, 5.74) is 1.10. The molecule has 0 N–H and O–H groups in total. The number of carbonyl (C=O) groups is 1. The summed E-state index contributed by atoms with van der Waals surface area (Å²) in [4.78, 5) is 22.0. The largest absolute Gasteiger partial charge is 0.379 e. The van der Waals surface area contributed by atoms with E-state index in [1.807, 2.05) is 18.2 Å². The van der Waals surface area contributed by atoms with Gasteiger partial charge in [-0.05, 0) is 42.8 Å². The van der Waals surface area contributed by atoms with Gasteiger partial charge in [-0.15, -0.1) is 12.4 Å². The van der Waals surface area contributed by atoms with E-state index in [2.05, 4.69) is 25.8 Å². The van der Waals surface area contributed by atoms with Crippen molar-refractivity contribution in [2.75, 3.05) is 44.3 Å². The molecule has 166 valence electrons. The molecule has 1 aliphatic rings. The Labute approximate surface area is 203 Å². The van der Waals surface area contributed by atoms with Crippen LogP contribution < -0.4 is 4.90 Å². The topological polar surface area (TPSA) is 45.7 Å². The molecule has 0 unspecified atom stereocenters. The molecular weight excluding hydrogens is 528 g/mol. The summed E-state index contributed by atoms with van der Waals surface area (Å²) >= 11 is 11.1. The van der Waals surface area contributed by atoms with Gasteiger partial charge in [0, 0.05) is 30.7 Å². The van der Waals surface area contributed by atoms with Crippen LogP contribution in [0.4, 0.5) is 9.52 Å². The Morgan fingerprint density at radius 2 is 2.03 bits per heavy atom. The highest BCUT2D eigenvalue weighted by Gasteiger charge is 2.24. The van der Waals surface area contributed by atoms with Crippen molar-refractivity contribution in [1.29, 1.82) is 0 Å². The number of fused-ring (bicyclic) bond motifs is 1. The zero-order valence-electron chi connectivity index (χ0n) is 16.5. The van der Waals surface area contributed by atoms with E-state index in [0.29, 0.717) is 11.7 Å². The van der Waals surface area contributed by atoms with Crippen molar-refractivity contribution in [2.45, 2.75) is 6.42 Å². The predicted molar refractivity (Wildman–Crippen MR) is 130 cm³/mol. The molecule has 0 aliphatic carbocycles. The molecule has 3 aromatic rings. The molecule has 31 heavy (non-hydrogen) atoms. The van der Waals surface area contributed by atoms with Gasteiger partial charge in [0.2, 0.25) is 0 Å². The second-order valence-corrected chi connectivity index (χ2v) is 9.33. The second-order valence-electron chi connectivity index (χ2n) is 7.00. The van der Waals surface area contributed by atoms with Crippen molar-refractivity contribution >= 4 is 72.5 Å². The van der Waals surface area contributed by atoms with Crippen LogP contribution in [-0.4, -0.2) is 55.2 Å². The summed E-state index contributed by atoms with van der Waals surface area (Å²) in [5, 5.41) is 0.706. The number of rotatable bonds is 6. The fourth-order valence-electron chi connectivity index (χ4n) is 3.37. The van der Waals surface area contributed by atoms with Crippen molar-refractivity contribution in [3.63, 3.8) is 0 Å².